The highest BCUT2D eigenvalue weighted by atomic mass is 35.5. The maximum Gasteiger partial charge on any atom is 0.163 e. The molecular weight excluding hydrogens is 509 g/mol. The van der Waals surface area contributed by atoms with Gasteiger partial charge in [0.15, 0.2) is 11.5 Å². The fraction of sp³-hybridized carbons (Fsp3) is 0.448. The van der Waals surface area contributed by atoms with Crippen molar-refractivity contribution in [3.05, 3.63) is 52.1 Å². The molecule has 0 aliphatic heterocycles. The van der Waals surface area contributed by atoms with Gasteiger partial charge in [0, 0.05) is 24.2 Å². The molecule has 0 unspecified atom stereocenters. The Morgan fingerprint density at radius 3 is 2.38 bits per heavy atom. The van der Waals surface area contributed by atoms with Gasteiger partial charge in [-0.05, 0) is 81.1 Å². The third kappa shape index (κ3) is 6.55. The van der Waals surface area contributed by atoms with Gasteiger partial charge in [0.1, 0.15) is 0 Å². The van der Waals surface area contributed by atoms with E-state index in [0.717, 1.165) is 79.6 Å². The number of benzene rings is 2. The van der Waals surface area contributed by atoms with Gasteiger partial charge in [-0.2, -0.15) is 0 Å². The summed E-state index contributed by atoms with van der Waals surface area (Å²) >= 11 is 12.3. The molecule has 1 aromatic heterocycles. The van der Waals surface area contributed by atoms with E-state index < -0.39 is 0 Å². The molecule has 2 N–H and O–H groups in total. The second kappa shape index (κ2) is 12.4. The summed E-state index contributed by atoms with van der Waals surface area (Å²) in [4.78, 5) is 19.5. The number of carbonyl (C=O) groups is 1. The predicted molar refractivity (Wildman–Crippen MR) is 152 cm³/mol. The molecular formula is C29H35Cl2N3O3. The number of ketones is 1. The van der Waals surface area contributed by atoms with Crippen molar-refractivity contribution >= 4 is 45.6 Å². The standard InChI is InChI=1S/C29H35Cl2N3O3/c1-4-34(5-2)12-13-37-22-9-7-21(8-10-22)33-28-23-14-19(20-15-25(30)29(36)26(31)16-20)6-11-27(23)32-17-24(28)18(3)35/h6,11,14-17,21-22,36H,4-5,7-10,12-13H2,1-3H3,(H,32,33)/t21-,22-. The molecule has 0 radical (unpaired) electrons. The number of hydrogen-bond donors (Lipinski definition) is 2. The molecule has 4 rings (SSSR count). The summed E-state index contributed by atoms with van der Waals surface area (Å²) in [7, 11) is 0. The number of fused-ring (bicyclic) bond motifs is 1. The van der Waals surface area contributed by atoms with Gasteiger partial charge in [0.05, 0.1) is 39.5 Å². The smallest absolute Gasteiger partial charge is 0.163 e. The highest BCUT2D eigenvalue weighted by Crippen LogP contribution is 2.38. The number of rotatable bonds is 10. The SMILES string of the molecule is CCN(CC)CCO[C@H]1CC[C@H](Nc2c(C(C)=O)cnc3ccc(-c4cc(Cl)c(O)c(Cl)c4)cc23)CC1. The molecule has 1 aliphatic rings. The molecule has 0 saturated heterocycles. The van der Waals surface area contributed by atoms with Crippen LogP contribution in [-0.2, 0) is 4.74 Å². The summed E-state index contributed by atoms with van der Waals surface area (Å²) in [5.41, 5.74) is 3.81. The average Bonchev–Trinajstić information content (AvgIpc) is 2.90. The van der Waals surface area contributed by atoms with Crippen LogP contribution in [0.15, 0.2) is 36.5 Å². The number of anilines is 1. The van der Waals surface area contributed by atoms with E-state index in [2.05, 4.69) is 29.0 Å². The number of likely N-dealkylation sites (N-methyl/N-ethyl adjacent to an activating group) is 1. The molecule has 1 fully saturated rings. The van der Waals surface area contributed by atoms with E-state index >= 15 is 0 Å². The van der Waals surface area contributed by atoms with Crippen LogP contribution < -0.4 is 5.32 Å². The molecule has 1 saturated carbocycles. The number of halogens is 2. The van der Waals surface area contributed by atoms with E-state index in [1.807, 2.05) is 18.2 Å². The number of phenols is 1. The van der Waals surface area contributed by atoms with Crippen molar-refractivity contribution in [1.82, 2.24) is 9.88 Å². The maximum atomic E-state index is 12.5. The highest BCUT2D eigenvalue weighted by molar-refractivity contribution is 6.37. The van der Waals surface area contributed by atoms with Gasteiger partial charge in [0.25, 0.3) is 0 Å². The second-order valence-corrected chi connectivity index (χ2v) is 10.5. The number of aromatic hydroxyl groups is 1. The molecule has 1 aliphatic carbocycles. The number of carbonyl (C=O) groups excluding carboxylic acids is 1. The monoisotopic (exact) mass is 543 g/mol. The Morgan fingerprint density at radius 2 is 1.76 bits per heavy atom. The summed E-state index contributed by atoms with van der Waals surface area (Å²) in [5, 5.41) is 14.9. The van der Waals surface area contributed by atoms with Crippen LogP contribution in [0.2, 0.25) is 10.0 Å². The second-order valence-electron chi connectivity index (χ2n) is 9.64. The van der Waals surface area contributed by atoms with Crippen molar-refractivity contribution in [3.63, 3.8) is 0 Å². The van der Waals surface area contributed by atoms with E-state index in [-0.39, 0.29) is 33.7 Å². The topological polar surface area (TPSA) is 74.7 Å². The molecule has 0 spiro atoms. The quantitative estimate of drug-likeness (QED) is 0.263. The van der Waals surface area contributed by atoms with Gasteiger partial charge < -0.3 is 20.1 Å². The molecule has 0 bridgehead atoms. The highest BCUT2D eigenvalue weighted by Gasteiger charge is 2.24. The van der Waals surface area contributed by atoms with Gasteiger partial charge in [-0.1, -0.05) is 43.1 Å². The lowest BCUT2D eigenvalue weighted by molar-refractivity contribution is 0.0156. The van der Waals surface area contributed by atoms with Crippen molar-refractivity contribution in [2.75, 3.05) is 31.6 Å². The first-order valence-corrected chi connectivity index (χ1v) is 13.8. The van der Waals surface area contributed by atoms with Crippen LogP contribution in [0.1, 0.15) is 56.8 Å². The Labute approximate surface area is 228 Å². The van der Waals surface area contributed by atoms with Gasteiger partial charge in [-0.25, -0.2) is 0 Å². The summed E-state index contributed by atoms with van der Waals surface area (Å²) in [5.74, 6) is -0.171. The zero-order chi connectivity index (χ0) is 26.5. The zero-order valence-corrected chi connectivity index (χ0v) is 23.2. The van der Waals surface area contributed by atoms with E-state index in [9.17, 15) is 9.90 Å². The van der Waals surface area contributed by atoms with Crippen molar-refractivity contribution in [2.24, 2.45) is 0 Å². The fourth-order valence-electron chi connectivity index (χ4n) is 4.99. The van der Waals surface area contributed by atoms with Crippen molar-refractivity contribution in [1.29, 1.82) is 0 Å². The fourth-order valence-corrected chi connectivity index (χ4v) is 5.48. The molecule has 37 heavy (non-hydrogen) atoms. The van der Waals surface area contributed by atoms with E-state index in [4.69, 9.17) is 27.9 Å². The molecule has 2 aromatic carbocycles. The summed E-state index contributed by atoms with van der Waals surface area (Å²) in [6, 6.07) is 9.47. The van der Waals surface area contributed by atoms with Crippen molar-refractivity contribution in [3.8, 4) is 16.9 Å². The number of Topliss-reactive ketones (excluding diaryl/α,β-unsaturated/α-hetero) is 1. The third-order valence-electron chi connectivity index (χ3n) is 7.28. The Bertz CT molecular complexity index is 1230. The van der Waals surface area contributed by atoms with Crippen LogP contribution in [0.3, 0.4) is 0 Å². The van der Waals surface area contributed by atoms with Crippen molar-refractivity contribution < 1.29 is 14.6 Å². The van der Waals surface area contributed by atoms with Crippen LogP contribution in [0, 0.1) is 0 Å². The Balaban J connectivity index is 1.54. The van der Waals surface area contributed by atoms with Crippen LogP contribution in [-0.4, -0.2) is 59.2 Å². The lowest BCUT2D eigenvalue weighted by Gasteiger charge is -2.31. The lowest BCUT2D eigenvalue weighted by Crippen LogP contribution is -2.33. The first-order chi connectivity index (χ1) is 17.8. The molecule has 3 aromatic rings. The Kier molecular flexibility index (Phi) is 9.30. The number of pyridine rings is 1. The summed E-state index contributed by atoms with van der Waals surface area (Å²) in [6.45, 7) is 9.75. The van der Waals surface area contributed by atoms with E-state index in [0.29, 0.717) is 5.56 Å². The largest absolute Gasteiger partial charge is 0.505 e. The Morgan fingerprint density at radius 1 is 1.08 bits per heavy atom. The van der Waals surface area contributed by atoms with Gasteiger partial charge in [-0.3, -0.25) is 9.78 Å². The number of nitrogens with one attached hydrogen (secondary N) is 1. The van der Waals surface area contributed by atoms with Gasteiger partial charge in [-0.15, -0.1) is 0 Å². The maximum absolute atomic E-state index is 12.5. The minimum atomic E-state index is -0.136. The summed E-state index contributed by atoms with van der Waals surface area (Å²) < 4.78 is 6.17. The van der Waals surface area contributed by atoms with Crippen molar-refractivity contribution in [2.45, 2.75) is 58.6 Å². The minimum Gasteiger partial charge on any atom is -0.505 e. The molecule has 0 atom stereocenters. The first-order valence-electron chi connectivity index (χ1n) is 13.0. The first kappa shape index (κ1) is 27.6. The average molecular weight is 545 g/mol. The molecule has 198 valence electrons. The number of aromatic nitrogens is 1. The molecule has 0 amide bonds. The number of ether oxygens (including phenoxy) is 1. The number of phenolic OH excluding ortho intramolecular Hbond substituents is 1. The van der Waals surface area contributed by atoms with E-state index in [1.165, 1.54) is 0 Å². The normalized spacial score (nSPS) is 17.9. The van der Waals surface area contributed by atoms with Crippen LogP contribution in [0.25, 0.3) is 22.0 Å². The van der Waals surface area contributed by atoms with Crippen LogP contribution >= 0.6 is 23.2 Å². The predicted octanol–water partition coefficient (Wildman–Crippen LogP) is 7.20. The molecule has 8 heteroatoms. The van der Waals surface area contributed by atoms with Crippen LogP contribution in [0.4, 0.5) is 5.69 Å². The van der Waals surface area contributed by atoms with Crippen LogP contribution in [0.5, 0.6) is 5.75 Å². The Hall–Kier alpha value is -2.38. The minimum absolute atomic E-state index is 0.0357. The summed E-state index contributed by atoms with van der Waals surface area (Å²) in [6.07, 6.45) is 5.86. The third-order valence-corrected chi connectivity index (χ3v) is 7.85. The van der Waals surface area contributed by atoms with Gasteiger partial charge in [0.2, 0.25) is 0 Å². The van der Waals surface area contributed by atoms with E-state index in [1.54, 1.807) is 25.3 Å². The zero-order valence-electron chi connectivity index (χ0n) is 21.7. The van der Waals surface area contributed by atoms with Gasteiger partial charge >= 0.3 is 0 Å². The number of hydrogen-bond acceptors (Lipinski definition) is 6. The molecule has 6 nitrogen and oxygen atoms in total. The molecule has 1 heterocycles. The lowest BCUT2D eigenvalue weighted by atomic mass is 9.92. The number of nitrogens with zero attached hydrogens (tertiary/aromatic N) is 2.